The zero-order chi connectivity index (χ0) is 15.8. The van der Waals surface area contributed by atoms with Crippen LogP contribution < -0.4 is 14.8 Å². The van der Waals surface area contributed by atoms with Gasteiger partial charge in [-0.15, -0.1) is 0 Å². The number of ether oxygens (including phenoxy) is 2. The molecule has 3 nitrogen and oxygen atoms in total. The first-order valence-electron chi connectivity index (χ1n) is 8.06. The van der Waals surface area contributed by atoms with Gasteiger partial charge in [0.15, 0.2) is 0 Å². The first-order chi connectivity index (χ1) is 9.99. The van der Waals surface area contributed by atoms with Crippen LogP contribution in [0.4, 0.5) is 0 Å². The Morgan fingerprint density at radius 1 is 1.10 bits per heavy atom. The van der Waals surface area contributed by atoms with E-state index < -0.39 is 0 Å². The van der Waals surface area contributed by atoms with E-state index in [0.717, 1.165) is 36.4 Å². The Labute approximate surface area is 130 Å². The van der Waals surface area contributed by atoms with E-state index in [1.165, 1.54) is 0 Å². The van der Waals surface area contributed by atoms with Crippen molar-refractivity contribution in [2.24, 2.45) is 5.92 Å². The topological polar surface area (TPSA) is 30.5 Å². The smallest absolute Gasteiger partial charge is 0.128 e. The normalized spacial score (nSPS) is 14.0. The third-order valence-corrected chi connectivity index (χ3v) is 3.51. The molecule has 1 aromatic rings. The molecular weight excluding hydrogens is 262 g/mol. The van der Waals surface area contributed by atoms with E-state index in [4.69, 9.17) is 9.47 Å². The average Bonchev–Trinajstić information content (AvgIpc) is 2.43. The highest BCUT2D eigenvalue weighted by Gasteiger charge is 2.18. The van der Waals surface area contributed by atoms with E-state index in [1.54, 1.807) is 7.11 Å². The van der Waals surface area contributed by atoms with Crippen molar-refractivity contribution in [1.29, 1.82) is 0 Å². The van der Waals surface area contributed by atoms with E-state index in [2.05, 4.69) is 39.9 Å². The third-order valence-electron chi connectivity index (χ3n) is 3.51. The Hall–Kier alpha value is -1.22. The summed E-state index contributed by atoms with van der Waals surface area (Å²) in [5.41, 5.74) is 1.11. The Balaban J connectivity index is 2.96. The summed E-state index contributed by atoms with van der Waals surface area (Å²) in [5.74, 6) is 2.45. The molecule has 0 saturated heterocycles. The van der Waals surface area contributed by atoms with Gasteiger partial charge in [0.05, 0.1) is 18.8 Å². The fraction of sp³-hybridized carbons (Fsp3) is 0.667. The first-order valence-corrected chi connectivity index (χ1v) is 8.06. The maximum atomic E-state index is 6.18. The largest absolute Gasteiger partial charge is 0.496 e. The van der Waals surface area contributed by atoms with Gasteiger partial charge in [0, 0.05) is 6.04 Å². The summed E-state index contributed by atoms with van der Waals surface area (Å²) < 4.78 is 11.7. The predicted octanol–water partition coefficient (Wildman–Crippen LogP) is 4.57. The van der Waals surface area contributed by atoms with E-state index in [9.17, 15) is 0 Å². The minimum atomic E-state index is 0.203. The van der Waals surface area contributed by atoms with Gasteiger partial charge in [0.2, 0.25) is 0 Å². The molecule has 0 radical (unpaired) electrons. The fourth-order valence-electron chi connectivity index (χ4n) is 2.62. The van der Waals surface area contributed by atoms with E-state index in [0.29, 0.717) is 5.92 Å². The van der Waals surface area contributed by atoms with Gasteiger partial charge in [0.25, 0.3) is 0 Å². The van der Waals surface area contributed by atoms with E-state index >= 15 is 0 Å². The van der Waals surface area contributed by atoms with Crippen LogP contribution in [0.2, 0.25) is 0 Å². The number of nitrogens with one attached hydrogen (secondary N) is 1. The monoisotopic (exact) mass is 293 g/mol. The van der Waals surface area contributed by atoms with Crippen LogP contribution in [0.3, 0.4) is 0 Å². The zero-order valence-corrected chi connectivity index (χ0v) is 14.4. The average molecular weight is 293 g/mol. The van der Waals surface area contributed by atoms with Crippen molar-refractivity contribution >= 4 is 0 Å². The van der Waals surface area contributed by atoms with Gasteiger partial charge < -0.3 is 14.8 Å². The minimum absolute atomic E-state index is 0.203. The molecule has 1 rings (SSSR count). The summed E-state index contributed by atoms with van der Waals surface area (Å²) in [6.07, 6.45) is 2.36. The highest BCUT2D eigenvalue weighted by atomic mass is 16.5. The van der Waals surface area contributed by atoms with Crippen LogP contribution in [0, 0.1) is 5.92 Å². The molecule has 0 aliphatic heterocycles. The predicted molar refractivity (Wildman–Crippen MR) is 89.2 cm³/mol. The first kappa shape index (κ1) is 17.8. The molecule has 0 aromatic heterocycles. The van der Waals surface area contributed by atoms with Crippen LogP contribution in [-0.4, -0.2) is 19.8 Å². The van der Waals surface area contributed by atoms with Gasteiger partial charge in [-0.3, -0.25) is 0 Å². The number of hydrogen-bond donors (Lipinski definition) is 1. The summed E-state index contributed by atoms with van der Waals surface area (Å²) in [7, 11) is 1.71. The van der Waals surface area contributed by atoms with Crippen molar-refractivity contribution in [3.8, 4) is 11.5 Å². The van der Waals surface area contributed by atoms with Crippen LogP contribution >= 0.6 is 0 Å². The lowest BCUT2D eigenvalue weighted by molar-refractivity contribution is 0.189. The van der Waals surface area contributed by atoms with Gasteiger partial charge in [-0.05, 0) is 51.3 Å². The molecule has 0 heterocycles. The molecule has 21 heavy (non-hydrogen) atoms. The second-order valence-corrected chi connectivity index (χ2v) is 6.11. The summed E-state index contributed by atoms with van der Waals surface area (Å²) in [6.45, 7) is 11.9. The third kappa shape index (κ3) is 5.58. The van der Waals surface area contributed by atoms with Crippen LogP contribution in [0.5, 0.6) is 11.5 Å². The van der Waals surface area contributed by atoms with E-state index in [-0.39, 0.29) is 12.1 Å². The molecule has 120 valence electrons. The Morgan fingerprint density at radius 2 is 1.76 bits per heavy atom. The van der Waals surface area contributed by atoms with Gasteiger partial charge in [0.1, 0.15) is 11.5 Å². The maximum absolute atomic E-state index is 6.18. The molecule has 0 spiro atoms. The van der Waals surface area contributed by atoms with Crippen molar-refractivity contribution < 1.29 is 9.47 Å². The van der Waals surface area contributed by atoms with Crippen molar-refractivity contribution in [2.75, 3.05) is 13.7 Å². The van der Waals surface area contributed by atoms with Crippen LogP contribution in [0.25, 0.3) is 0 Å². The van der Waals surface area contributed by atoms with E-state index in [1.807, 2.05) is 18.2 Å². The summed E-state index contributed by atoms with van der Waals surface area (Å²) in [5, 5.41) is 3.52. The number of methoxy groups -OCH3 is 1. The lowest BCUT2D eigenvalue weighted by atomic mass is 10.0. The lowest BCUT2D eigenvalue weighted by Crippen LogP contribution is -2.22. The number of benzene rings is 1. The van der Waals surface area contributed by atoms with Crippen molar-refractivity contribution in [2.45, 2.75) is 59.6 Å². The molecule has 3 heteroatoms. The molecule has 0 bridgehead atoms. The van der Waals surface area contributed by atoms with Gasteiger partial charge in [-0.25, -0.2) is 0 Å². The van der Waals surface area contributed by atoms with Crippen molar-refractivity contribution in [3.63, 3.8) is 0 Å². The fourth-order valence-corrected chi connectivity index (χ4v) is 2.62. The standard InChI is InChI=1S/C18H31NO2/c1-7-11-19-15(5)18-16(20-6)9-8-10-17(18)21-14(4)12-13(2)3/h8-10,13-15,19H,7,11-12H2,1-6H3. The molecule has 0 amide bonds. The molecule has 2 atom stereocenters. The van der Waals surface area contributed by atoms with Crippen LogP contribution in [0.15, 0.2) is 18.2 Å². The second-order valence-electron chi connectivity index (χ2n) is 6.11. The Morgan fingerprint density at radius 3 is 2.33 bits per heavy atom. The molecule has 0 fully saturated rings. The highest BCUT2D eigenvalue weighted by Crippen LogP contribution is 2.35. The summed E-state index contributed by atoms with van der Waals surface area (Å²) in [6, 6.07) is 6.24. The molecule has 0 aliphatic carbocycles. The second kappa shape index (κ2) is 8.93. The van der Waals surface area contributed by atoms with Gasteiger partial charge >= 0.3 is 0 Å². The van der Waals surface area contributed by atoms with Gasteiger partial charge in [-0.1, -0.05) is 26.8 Å². The minimum Gasteiger partial charge on any atom is -0.496 e. The zero-order valence-electron chi connectivity index (χ0n) is 14.4. The molecule has 1 aromatic carbocycles. The maximum Gasteiger partial charge on any atom is 0.128 e. The van der Waals surface area contributed by atoms with Crippen molar-refractivity contribution in [1.82, 2.24) is 5.32 Å². The van der Waals surface area contributed by atoms with Crippen LogP contribution in [0.1, 0.15) is 59.1 Å². The van der Waals surface area contributed by atoms with Crippen molar-refractivity contribution in [3.05, 3.63) is 23.8 Å². The lowest BCUT2D eigenvalue weighted by Gasteiger charge is -2.24. The molecular formula is C18H31NO2. The highest BCUT2D eigenvalue weighted by molar-refractivity contribution is 5.46. The Kier molecular flexibility index (Phi) is 7.58. The number of hydrogen-bond acceptors (Lipinski definition) is 3. The molecule has 0 aliphatic rings. The molecule has 1 N–H and O–H groups in total. The summed E-state index contributed by atoms with van der Waals surface area (Å²) >= 11 is 0. The summed E-state index contributed by atoms with van der Waals surface area (Å²) in [4.78, 5) is 0. The molecule has 0 saturated carbocycles. The van der Waals surface area contributed by atoms with Gasteiger partial charge in [-0.2, -0.15) is 0 Å². The van der Waals surface area contributed by atoms with Crippen LogP contribution in [-0.2, 0) is 0 Å². The SMILES string of the molecule is CCCNC(C)c1c(OC)cccc1OC(C)CC(C)C. The molecule has 2 unspecified atom stereocenters. The quantitative estimate of drug-likeness (QED) is 0.723. The number of rotatable bonds is 9. The Bertz CT molecular complexity index is 418.